The molecule has 0 aromatic rings. The molecule has 0 rings (SSSR count). The fraction of sp³-hybridized carbons (Fsp3) is 0.800. The summed E-state index contributed by atoms with van der Waals surface area (Å²) in [6.07, 6.45) is -2.19. The van der Waals surface area contributed by atoms with Gasteiger partial charge in [0.25, 0.3) is 0 Å². The zero-order valence-electron chi connectivity index (χ0n) is 8.06. The van der Waals surface area contributed by atoms with E-state index in [9.17, 15) is 4.79 Å². The third kappa shape index (κ3) is 2.20. The smallest absolute Gasteiger partial charge is 0.306 e. The lowest BCUT2D eigenvalue weighted by molar-refractivity contribution is -0.141. The van der Waals surface area contributed by atoms with Gasteiger partial charge in [0.2, 0.25) is 0 Å². The van der Waals surface area contributed by atoms with Crippen LogP contribution in [0.2, 0.25) is 0 Å². The summed E-state index contributed by atoms with van der Waals surface area (Å²) < 4.78 is 27.8. The number of hydrogen-bond acceptors (Lipinski definition) is 1. The van der Waals surface area contributed by atoms with E-state index in [4.69, 9.17) is 10.6 Å². The molecule has 1 N–H and O–H groups in total. The SMILES string of the molecule is [2H]CC([2H])(C(=O)O)C([2H])([2H])C. The zero-order valence-corrected chi connectivity index (χ0v) is 4.06. The van der Waals surface area contributed by atoms with Crippen molar-refractivity contribution in [3.8, 4) is 0 Å². The largest absolute Gasteiger partial charge is 0.481 e. The van der Waals surface area contributed by atoms with Gasteiger partial charge in [-0.05, 0) is 6.37 Å². The number of rotatable bonds is 2. The van der Waals surface area contributed by atoms with Crippen LogP contribution in [0.1, 0.15) is 25.7 Å². The lowest BCUT2D eigenvalue weighted by atomic mass is 10.1. The van der Waals surface area contributed by atoms with Crippen LogP contribution in [-0.4, -0.2) is 11.1 Å². The van der Waals surface area contributed by atoms with E-state index in [1.165, 1.54) is 0 Å². The van der Waals surface area contributed by atoms with Gasteiger partial charge in [-0.3, -0.25) is 4.79 Å². The molecule has 0 aliphatic carbocycles. The molecule has 0 bridgehead atoms. The second-order valence-electron chi connectivity index (χ2n) is 1.03. The summed E-state index contributed by atoms with van der Waals surface area (Å²) in [4.78, 5) is 10.4. The Morgan fingerprint density at radius 3 is 3.00 bits per heavy atom. The van der Waals surface area contributed by atoms with Crippen molar-refractivity contribution in [3.05, 3.63) is 0 Å². The molecule has 0 radical (unpaired) electrons. The Balaban J connectivity index is 4.75. The molecule has 0 aromatic heterocycles. The Labute approximate surface area is 48.8 Å². The predicted molar refractivity (Wildman–Crippen MR) is 27.1 cm³/mol. The van der Waals surface area contributed by atoms with Crippen molar-refractivity contribution in [1.82, 2.24) is 0 Å². The molecule has 0 spiro atoms. The van der Waals surface area contributed by atoms with Gasteiger partial charge in [-0.25, -0.2) is 0 Å². The van der Waals surface area contributed by atoms with Crippen LogP contribution in [0.5, 0.6) is 0 Å². The molecule has 2 nitrogen and oxygen atoms in total. The summed E-state index contributed by atoms with van der Waals surface area (Å²) >= 11 is 0. The average Bonchev–Trinajstić information content (AvgIpc) is 1.83. The molecule has 0 aliphatic rings. The standard InChI is InChI=1S/C5H10O2/c1-3-4(2)5(6)7/h4H,3H2,1-2H3,(H,6,7)/i2D,3D2,4D. The van der Waals surface area contributed by atoms with Crippen molar-refractivity contribution in [2.45, 2.75) is 20.2 Å². The number of carboxylic acids is 1. The predicted octanol–water partition coefficient (Wildman–Crippen LogP) is 1.12. The minimum Gasteiger partial charge on any atom is -0.481 e. The summed E-state index contributed by atoms with van der Waals surface area (Å²) in [7, 11) is 0. The van der Waals surface area contributed by atoms with E-state index >= 15 is 0 Å². The molecule has 0 heterocycles. The summed E-state index contributed by atoms with van der Waals surface area (Å²) in [5, 5.41) is 8.42. The van der Waals surface area contributed by atoms with Crippen LogP contribution >= 0.6 is 0 Å². The van der Waals surface area contributed by atoms with Gasteiger partial charge in [-0.1, -0.05) is 13.8 Å². The Bertz CT molecular complexity index is 164. The van der Waals surface area contributed by atoms with E-state index in [-0.39, 0.29) is 0 Å². The van der Waals surface area contributed by atoms with Crippen molar-refractivity contribution < 1.29 is 15.4 Å². The van der Waals surface area contributed by atoms with Crippen molar-refractivity contribution in [2.75, 3.05) is 0 Å². The maximum atomic E-state index is 10.4. The van der Waals surface area contributed by atoms with Crippen molar-refractivity contribution in [2.24, 2.45) is 5.89 Å². The first-order chi connectivity index (χ1) is 4.75. The maximum absolute atomic E-state index is 10.4. The molecule has 0 saturated carbocycles. The highest BCUT2D eigenvalue weighted by molar-refractivity contribution is 5.69. The van der Waals surface area contributed by atoms with Gasteiger partial charge in [0, 0.05) is 5.48 Å². The number of hydrogen-bond donors (Lipinski definition) is 1. The van der Waals surface area contributed by atoms with Crippen molar-refractivity contribution in [1.29, 1.82) is 0 Å². The number of carbonyl (C=O) groups is 1. The van der Waals surface area contributed by atoms with Crippen LogP contribution in [0.4, 0.5) is 0 Å². The van der Waals surface area contributed by atoms with Gasteiger partial charge < -0.3 is 5.11 Å². The normalized spacial score (nSPS) is 28.1. The lowest BCUT2D eigenvalue weighted by Gasteiger charge is -1.96. The maximum Gasteiger partial charge on any atom is 0.306 e. The van der Waals surface area contributed by atoms with Crippen LogP contribution in [0.25, 0.3) is 0 Å². The fourth-order valence-electron chi connectivity index (χ4n) is 0.107. The number of aliphatic carboxylic acids is 1. The monoisotopic (exact) mass is 106 g/mol. The highest BCUT2D eigenvalue weighted by Gasteiger charge is 2.05. The van der Waals surface area contributed by atoms with E-state index in [1.807, 2.05) is 0 Å². The highest BCUT2D eigenvalue weighted by Crippen LogP contribution is 1.97. The van der Waals surface area contributed by atoms with Gasteiger partial charge in [0.15, 0.2) is 0 Å². The fourth-order valence-corrected chi connectivity index (χ4v) is 0.107. The molecule has 0 saturated heterocycles. The lowest BCUT2D eigenvalue weighted by Crippen LogP contribution is -2.06. The molecule has 7 heavy (non-hydrogen) atoms. The Morgan fingerprint density at radius 2 is 3.00 bits per heavy atom. The van der Waals surface area contributed by atoms with E-state index in [2.05, 4.69) is 0 Å². The summed E-state index contributed by atoms with van der Waals surface area (Å²) in [6.45, 7) is 0.203. The highest BCUT2D eigenvalue weighted by atomic mass is 16.4. The van der Waals surface area contributed by atoms with E-state index in [0.717, 1.165) is 6.92 Å². The third-order valence-electron chi connectivity index (χ3n) is 0.560. The van der Waals surface area contributed by atoms with Gasteiger partial charge in [0.1, 0.15) is 0 Å². The molecule has 0 fully saturated rings. The van der Waals surface area contributed by atoms with Crippen molar-refractivity contribution in [3.63, 3.8) is 0 Å². The molecule has 42 valence electrons. The molecule has 1 atom stereocenters. The van der Waals surface area contributed by atoms with Gasteiger partial charge in [-0.15, -0.1) is 0 Å². The minimum absolute atomic E-state index is 0.786. The zero-order chi connectivity index (χ0) is 9.28. The average molecular weight is 106 g/mol. The van der Waals surface area contributed by atoms with Crippen LogP contribution in [0.15, 0.2) is 0 Å². The first-order valence-electron chi connectivity index (χ1n) is 3.99. The minimum atomic E-state index is -2.35. The molecule has 1 unspecified atom stereocenters. The van der Waals surface area contributed by atoms with Crippen molar-refractivity contribution >= 4 is 5.97 Å². The molecule has 0 aliphatic heterocycles. The second-order valence-corrected chi connectivity index (χ2v) is 1.03. The van der Waals surface area contributed by atoms with E-state index in [1.54, 1.807) is 0 Å². The molecule has 2 heteroatoms. The first-order valence-corrected chi connectivity index (χ1v) is 1.78. The van der Waals surface area contributed by atoms with Gasteiger partial charge in [-0.2, -0.15) is 0 Å². The topological polar surface area (TPSA) is 37.3 Å². The summed E-state index contributed by atoms with van der Waals surface area (Å²) in [5.41, 5.74) is 0. The van der Waals surface area contributed by atoms with E-state index in [0.29, 0.717) is 0 Å². The van der Waals surface area contributed by atoms with Gasteiger partial charge >= 0.3 is 5.97 Å². The van der Waals surface area contributed by atoms with Gasteiger partial charge in [0.05, 0.1) is 5.89 Å². The van der Waals surface area contributed by atoms with E-state index < -0.39 is 25.1 Å². The molecular weight excluding hydrogens is 92.1 g/mol. The molecule has 0 amide bonds. The Kier molecular flexibility index (Phi) is 0.805. The summed E-state index contributed by atoms with van der Waals surface area (Å²) in [5.74, 6) is -3.95. The van der Waals surface area contributed by atoms with Crippen LogP contribution in [0.3, 0.4) is 0 Å². The quantitative estimate of drug-likeness (QED) is 0.572. The number of carboxylic acid groups (broad SMARTS) is 1. The van der Waals surface area contributed by atoms with Crippen LogP contribution in [0, 0.1) is 5.89 Å². The van der Waals surface area contributed by atoms with Crippen LogP contribution in [-0.2, 0) is 4.79 Å². The Hall–Kier alpha value is -0.530. The molecular formula is C5H10O2. The third-order valence-corrected chi connectivity index (χ3v) is 0.560. The first kappa shape index (κ1) is 2.16. The molecule has 0 aromatic carbocycles. The summed E-state index contributed by atoms with van der Waals surface area (Å²) in [6, 6.07) is 0. The van der Waals surface area contributed by atoms with Crippen LogP contribution < -0.4 is 0 Å². The Morgan fingerprint density at radius 1 is 2.43 bits per heavy atom. The second kappa shape index (κ2) is 2.61.